The highest BCUT2D eigenvalue weighted by molar-refractivity contribution is 6.32. The van der Waals surface area contributed by atoms with E-state index < -0.39 is 4.92 Å². The Morgan fingerprint density at radius 3 is 2.72 bits per heavy atom. The van der Waals surface area contributed by atoms with Crippen LogP contribution in [0.5, 0.6) is 5.75 Å². The van der Waals surface area contributed by atoms with E-state index in [-0.39, 0.29) is 28.6 Å². The maximum absolute atomic E-state index is 10.9. The van der Waals surface area contributed by atoms with Gasteiger partial charge < -0.3 is 10.5 Å². The predicted octanol–water partition coefficient (Wildman–Crippen LogP) is 2.90. The highest BCUT2D eigenvalue weighted by Gasteiger charge is 2.31. The van der Waals surface area contributed by atoms with Crippen LogP contribution in [0.25, 0.3) is 0 Å². The zero-order valence-electron chi connectivity index (χ0n) is 9.89. The smallest absolute Gasteiger partial charge is 0.329 e. The average molecular weight is 271 g/mol. The van der Waals surface area contributed by atoms with E-state index in [1.165, 1.54) is 6.07 Å². The lowest BCUT2D eigenvalue weighted by Gasteiger charge is -2.23. The SMILES string of the molecule is NC1(COc2cccc(Cl)c2[N+](=O)[O-])CCCC1. The van der Waals surface area contributed by atoms with Crippen molar-refractivity contribution >= 4 is 17.3 Å². The third kappa shape index (κ3) is 2.73. The Morgan fingerprint density at radius 2 is 2.11 bits per heavy atom. The van der Waals surface area contributed by atoms with Crippen LogP contribution in [0.3, 0.4) is 0 Å². The summed E-state index contributed by atoms with van der Waals surface area (Å²) >= 11 is 5.80. The highest BCUT2D eigenvalue weighted by atomic mass is 35.5. The van der Waals surface area contributed by atoms with Gasteiger partial charge in [-0.05, 0) is 25.0 Å². The number of ether oxygens (including phenoxy) is 1. The number of halogens is 1. The van der Waals surface area contributed by atoms with Gasteiger partial charge >= 0.3 is 5.69 Å². The molecule has 5 nitrogen and oxygen atoms in total. The van der Waals surface area contributed by atoms with Gasteiger partial charge in [0.1, 0.15) is 11.6 Å². The van der Waals surface area contributed by atoms with E-state index >= 15 is 0 Å². The van der Waals surface area contributed by atoms with Gasteiger partial charge in [0, 0.05) is 0 Å². The van der Waals surface area contributed by atoms with Gasteiger partial charge in [-0.1, -0.05) is 30.5 Å². The van der Waals surface area contributed by atoms with Crippen LogP contribution in [0.15, 0.2) is 18.2 Å². The maximum Gasteiger partial charge on any atom is 0.329 e. The van der Waals surface area contributed by atoms with Crippen molar-refractivity contribution in [3.8, 4) is 5.75 Å². The lowest BCUT2D eigenvalue weighted by atomic mass is 10.0. The van der Waals surface area contributed by atoms with Gasteiger partial charge in [-0.2, -0.15) is 0 Å². The molecule has 2 N–H and O–H groups in total. The Hall–Kier alpha value is -1.33. The Balaban J connectivity index is 2.14. The number of benzene rings is 1. The standard InChI is InChI=1S/C12H15ClN2O3/c13-9-4-3-5-10(11(9)15(16)17)18-8-12(14)6-1-2-7-12/h3-5H,1-2,6-8,14H2. The minimum absolute atomic E-state index is 0.0787. The van der Waals surface area contributed by atoms with Crippen LogP contribution >= 0.6 is 11.6 Å². The zero-order valence-corrected chi connectivity index (χ0v) is 10.7. The summed E-state index contributed by atoms with van der Waals surface area (Å²) in [7, 11) is 0. The molecule has 1 aliphatic rings. The molecule has 1 aromatic rings. The van der Waals surface area contributed by atoms with Crippen LogP contribution in [0.4, 0.5) is 5.69 Å². The van der Waals surface area contributed by atoms with E-state index in [4.69, 9.17) is 22.1 Å². The van der Waals surface area contributed by atoms with Gasteiger partial charge in [-0.25, -0.2) is 0 Å². The van der Waals surface area contributed by atoms with Crippen LogP contribution in [0.2, 0.25) is 5.02 Å². The molecule has 1 saturated carbocycles. The fourth-order valence-corrected chi connectivity index (χ4v) is 2.47. The van der Waals surface area contributed by atoms with Crippen LogP contribution in [-0.2, 0) is 0 Å². The molecule has 1 aromatic carbocycles. The fourth-order valence-electron chi connectivity index (χ4n) is 2.23. The summed E-state index contributed by atoms with van der Waals surface area (Å²) in [6, 6.07) is 4.64. The summed E-state index contributed by atoms with van der Waals surface area (Å²) in [5.41, 5.74) is 5.58. The van der Waals surface area contributed by atoms with Crippen molar-refractivity contribution in [1.29, 1.82) is 0 Å². The van der Waals surface area contributed by atoms with Gasteiger partial charge in [0.2, 0.25) is 0 Å². The number of nitrogens with two attached hydrogens (primary N) is 1. The van der Waals surface area contributed by atoms with Crippen LogP contribution in [0.1, 0.15) is 25.7 Å². The first kappa shape index (κ1) is 13.1. The van der Waals surface area contributed by atoms with Crippen molar-refractivity contribution in [2.75, 3.05) is 6.61 Å². The maximum atomic E-state index is 10.9. The molecular weight excluding hydrogens is 256 g/mol. The third-order valence-corrected chi connectivity index (χ3v) is 3.55. The fraction of sp³-hybridized carbons (Fsp3) is 0.500. The first-order chi connectivity index (χ1) is 8.52. The molecule has 1 aliphatic carbocycles. The summed E-state index contributed by atoms with van der Waals surface area (Å²) in [4.78, 5) is 10.4. The van der Waals surface area contributed by atoms with E-state index in [1.807, 2.05) is 0 Å². The molecule has 0 unspecified atom stereocenters. The second-order valence-electron chi connectivity index (χ2n) is 4.70. The number of para-hydroxylation sites is 1. The summed E-state index contributed by atoms with van der Waals surface area (Å²) in [6.45, 7) is 0.286. The van der Waals surface area contributed by atoms with E-state index in [1.54, 1.807) is 12.1 Å². The number of nitro benzene ring substituents is 1. The van der Waals surface area contributed by atoms with Crippen LogP contribution in [-0.4, -0.2) is 17.1 Å². The summed E-state index contributed by atoms with van der Waals surface area (Å²) < 4.78 is 5.52. The molecule has 0 atom stereocenters. The molecule has 0 aliphatic heterocycles. The molecular formula is C12H15ClN2O3. The van der Waals surface area contributed by atoms with E-state index in [2.05, 4.69) is 0 Å². The van der Waals surface area contributed by atoms with Crippen molar-refractivity contribution in [3.05, 3.63) is 33.3 Å². The number of nitrogens with zero attached hydrogens (tertiary/aromatic N) is 1. The molecule has 0 amide bonds. The van der Waals surface area contributed by atoms with Crippen molar-refractivity contribution in [3.63, 3.8) is 0 Å². The number of hydrogen-bond donors (Lipinski definition) is 1. The lowest BCUT2D eigenvalue weighted by molar-refractivity contribution is -0.385. The quantitative estimate of drug-likeness (QED) is 0.674. The first-order valence-corrected chi connectivity index (χ1v) is 6.24. The summed E-state index contributed by atoms with van der Waals surface area (Å²) in [5.74, 6) is 0.184. The van der Waals surface area contributed by atoms with E-state index in [9.17, 15) is 10.1 Å². The van der Waals surface area contributed by atoms with E-state index in [0.717, 1.165) is 25.7 Å². The lowest BCUT2D eigenvalue weighted by Crippen LogP contribution is -2.42. The molecule has 1 fully saturated rings. The van der Waals surface area contributed by atoms with Crippen molar-refractivity contribution < 1.29 is 9.66 Å². The predicted molar refractivity (Wildman–Crippen MR) is 69.0 cm³/mol. The van der Waals surface area contributed by atoms with Gasteiger partial charge in [0.25, 0.3) is 0 Å². The van der Waals surface area contributed by atoms with Crippen molar-refractivity contribution in [2.24, 2.45) is 5.73 Å². The molecule has 18 heavy (non-hydrogen) atoms. The second kappa shape index (κ2) is 5.12. The van der Waals surface area contributed by atoms with E-state index in [0.29, 0.717) is 0 Å². The van der Waals surface area contributed by atoms with Gasteiger partial charge in [0.05, 0.1) is 10.5 Å². The van der Waals surface area contributed by atoms with Gasteiger partial charge in [-0.3, -0.25) is 10.1 Å². The third-order valence-electron chi connectivity index (χ3n) is 3.25. The topological polar surface area (TPSA) is 78.4 Å². The Morgan fingerprint density at radius 1 is 1.44 bits per heavy atom. The van der Waals surface area contributed by atoms with Crippen LogP contribution in [0, 0.1) is 10.1 Å². The molecule has 0 bridgehead atoms. The molecule has 0 radical (unpaired) electrons. The number of hydrogen-bond acceptors (Lipinski definition) is 4. The minimum Gasteiger partial charge on any atom is -0.485 e. The Bertz CT molecular complexity index is 459. The number of nitro groups is 1. The average Bonchev–Trinajstić information content (AvgIpc) is 2.73. The molecule has 98 valence electrons. The van der Waals surface area contributed by atoms with Gasteiger partial charge in [-0.15, -0.1) is 0 Å². The second-order valence-corrected chi connectivity index (χ2v) is 5.11. The largest absolute Gasteiger partial charge is 0.485 e. The molecule has 6 heteroatoms. The first-order valence-electron chi connectivity index (χ1n) is 5.86. The molecule has 0 spiro atoms. The molecule has 0 aromatic heterocycles. The summed E-state index contributed by atoms with van der Waals surface area (Å²) in [5, 5.41) is 11.0. The normalized spacial score (nSPS) is 17.7. The highest BCUT2D eigenvalue weighted by Crippen LogP contribution is 2.35. The number of rotatable bonds is 4. The monoisotopic (exact) mass is 270 g/mol. The van der Waals surface area contributed by atoms with Crippen LogP contribution < -0.4 is 10.5 Å². The van der Waals surface area contributed by atoms with Crippen molar-refractivity contribution in [2.45, 2.75) is 31.2 Å². The Labute approximate surface area is 110 Å². The minimum atomic E-state index is -0.532. The van der Waals surface area contributed by atoms with Gasteiger partial charge in [0.15, 0.2) is 5.75 Å². The summed E-state index contributed by atoms with van der Waals surface area (Å²) in [6.07, 6.45) is 3.94. The Kier molecular flexibility index (Phi) is 3.73. The molecule has 0 heterocycles. The van der Waals surface area contributed by atoms with Crippen molar-refractivity contribution in [1.82, 2.24) is 0 Å². The molecule has 0 saturated heterocycles. The zero-order chi connectivity index (χ0) is 13.2. The molecule has 2 rings (SSSR count).